The van der Waals surface area contributed by atoms with E-state index in [0.29, 0.717) is 13.0 Å². The van der Waals surface area contributed by atoms with E-state index in [1.807, 2.05) is 32.2 Å². The van der Waals surface area contributed by atoms with Crippen LogP contribution in [0.2, 0.25) is 0 Å². The SMILES string of the molecule is CNCc1cccc(C)c1.Cc1cccc(CNC=O)c1. The van der Waals surface area contributed by atoms with Crippen molar-refractivity contribution in [1.82, 2.24) is 10.6 Å². The number of nitrogens with one attached hydrogen (secondary N) is 2. The first-order valence-corrected chi connectivity index (χ1v) is 7.08. The van der Waals surface area contributed by atoms with Crippen molar-refractivity contribution in [3.05, 3.63) is 70.8 Å². The third-order valence-corrected chi connectivity index (χ3v) is 2.94. The van der Waals surface area contributed by atoms with E-state index in [4.69, 9.17) is 0 Å². The van der Waals surface area contributed by atoms with Gasteiger partial charge in [-0.05, 0) is 32.0 Å². The summed E-state index contributed by atoms with van der Waals surface area (Å²) in [6.07, 6.45) is 0.711. The van der Waals surface area contributed by atoms with Crippen molar-refractivity contribution in [3.8, 4) is 0 Å². The molecule has 2 aromatic carbocycles. The van der Waals surface area contributed by atoms with Crippen LogP contribution in [0.5, 0.6) is 0 Å². The van der Waals surface area contributed by atoms with E-state index < -0.39 is 0 Å². The van der Waals surface area contributed by atoms with E-state index in [2.05, 4.69) is 47.9 Å². The molecular weight excluding hydrogens is 260 g/mol. The molecule has 21 heavy (non-hydrogen) atoms. The Balaban J connectivity index is 0.000000211. The Morgan fingerprint density at radius 3 is 1.86 bits per heavy atom. The van der Waals surface area contributed by atoms with Crippen LogP contribution in [0.15, 0.2) is 48.5 Å². The Labute approximate surface area is 127 Å². The summed E-state index contributed by atoms with van der Waals surface area (Å²) in [7, 11) is 1.96. The Bertz CT molecular complexity index is 552. The van der Waals surface area contributed by atoms with Gasteiger partial charge < -0.3 is 10.6 Å². The molecule has 0 heterocycles. The van der Waals surface area contributed by atoms with Crippen LogP contribution in [0.1, 0.15) is 22.3 Å². The van der Waals surface area contributed by atoms with Crippen LogP contribution in [0, 0.1) is 13.8 Å². The number of carbonyl (C=O) groups excluding carboxylic acids is 1. The van der Waals surface area contributed by atoms with E-state index in [0.717, 1.165) is 12.1 Å². The average molecular weight is 284 g/mol. The molecule has 2 aromatic rings. The molecule has 0 bridgehead atoms. The highest BCUT2D eigenvalue weighted by Gasteiger charge is 1.90. The van der Waals surface area contributed by atoms with Gasteiger partial charge in [0.25, 0.3) is 0 Å². The van der Waals surface area contributed by atoms with Crippen LogP contribution in [-0.2, 0) is 17.9 Å². The van der Waals surface area contributed by atoms with Gasteiger partial charge in [-0.2, -0.15) is 0 Å². The van der Waals surface area contributed by atoms with Gasteiger partial charge in [0.2, 0.25) is 6.41 Å². The van der Waals surface area contributed by atoms with Gasteiger partial charge in [0.1, 0.15) is 0 Å². The molecule has 0 radical (unpaired) electrons. The molecule has 0 saturated heterocycles. The number of aryl methyl sites for hydroxylation is 2. The maximum atomic E-state index is 9.95. The average Bonchev–Trinajstić information content (AvgIpc) is 2.46. The zero-order chi connectivity index (χ0) is 15.5. The molecule has 0 aromatic heterocycles. The predicted molar refractivity (Wildman–Crippen MR) is 88.0 cm³/mol. The number of amides is 1. The first-order valence-electron chi connectivity index (χ1n) is 7.08. The van der Waals surface area contributed by atoms with E-state index in [9.17, 15) is 4.79 Å². The minimum atomic E-state index is 0.616. The number of carbonyl (C=O) groups is 1. The number of rotatable bonds is 5. The van der Waals surface area contributed by atoms with Gasteiger partial charge in [0.15, 0.2) is 0 Å². The second-order valence-electron chi connectivity index (χ2n) is 5.01. The number of benzene rings is 2. The molecule has 0 unspecified atom stereocenters. The Kier molecular flexibility index (Phi) is 7.84. The topological polar surface area (TPSA) is 41.1 Å². The molecule has 2 N–H and O–H groups in total. The quantitative estimate of drug-likeness (QED) is 0.829. The van der Waals surface area contributed by atoms with Crippen LogP contribution in [-0.4, -0.2) is 13.5 Å². The fourth-order valence-electron chi connectivity index (χ4n) is 2.01. The van der Waals surface area contributed by atoms with Crippen LogP contribution < -0.4 is 10.6 Å². The number of hydrogen-bond donors (Lipinski definition) is 2. The maximum absolute atomic E-state index is 9.95. The summed E-state index contributed by atoms with van der Waals surface area (Å²) in [4.78, 5) is 9.95. The smallest absolute Gasteiger partial charge is 0.207 e. The van der Waals surface area contributed by atoms with Gasteiger partial charge in [0.05, 0.1) is 0 Å². The first kappa shape index (κ1) is 16.9. The summed E-state index contributed by atoms with van der Waals surface area (Å²) in [5.74, 6) is 0. The highest BCUT2D eigenvalue weighted by Crippen LogP contribution is 2.03. The van der Waals surface area contributed by atoms with Gasteiger partial charge in [-0.15, -0.1) is 0 Å². The zero-order valence-electron chi connectivity index (χ0n) is 13.0. The molecule has 0 atom stereocenters. The van der Waals surface area contributed by atoms with Crippen molar-refractivity contribution in [2.75, 3.05) is 7.05 Å². The Morgan fingerprint density at radius 1 is 0.905 bits per heavy atom. The van der Waals surface area contributed by atoms with E-state index in [1.165, 1.54) is 16.7 Å². The molecule has 2 rings (SSSR count). The highest BCUT2D eigenvalue weighted by atomic mass is 16.1. The second-order valence-corrected chi connectivity index (χ2v) is 5.01. The molecule has 0 saturated carbocycles. The van der Waals surface area contributed by atoms with Crippen molar-refractivity contribution in [1.29, 1.82) is 0 Å². The lowest BCUT2D eigenvalue weighted by molar-refractivity contribution is -0.109. The van der Waals surface area contributed by atoms with Gasteiger partial charge in [-0.3, -0.25) is 4.79 Å². The fraction of sp³-hybridized carbons (Fsp3) is 0.278. The lowest BCUT2D eigenvalue weighted by atomic mass is 10.1. The van der Waals surface area contributed by atoms with Crippen molar-refractivity contribution in [2.24, 2.45) is 0 Å². The summed E-state index contributed by atoms with van der Waals surface area (Å²) in [6, 6.07) is 16.6. The summed E-state index contributed by atoms with van der Waals surface area (Å²) < 4.78 is 0. The molecule has 0 spiro atoms. The monoisotopic (exact) mass is 284 g/mol. The lowest BCUT2D eigenvalue weighted by Crippen LogP contribution is -2.09. The molecule has 3 heteroatoms. The summed E-state index contributed by atoms with van der Waals surface area (Å²) >= 11 is 0. The standard InChI is InChI=1S/C9H11NO.C9H13N/c1-8-3-2-4-9(5-8)6-10-7-11;1-8-4-3-5-9(6-8)7-10-2/h2-5,7H,6H2,1H3,(H,10,11);3-6,10H,7H2,1-2H3. The van der Waals surface area contributed by atoms with E-state index in [1.54, 1.807) is 0 Å². The Hall–Kier alpha value is -2.13. The van der Waals surface area contributed by atoms with Crippen molar-refractivity contribution >= 4 is 6.41 Å². The van der Waals surface area contributed by atoms with Crippen molar-refractivity contribution in [2.45, 2.75) is 26.9 Å². The van der Waals surface area contributed by atoms with Gasteiger partial charge >= 0.3 is 0 Å². The van der Waals surface area contributed by atoms with E-state index >= 15 is 0 Å². The molecule has 112 valence electrons. The van der Waals surface area contributed by atoms with Crippen molar-refractivity contribution < 1.29 is 4.79 Å². The third kappa shape index (κ3) is 7.28. The minimum Gasteiger partial charge on any atom is -0.355 e. The van der Waals surface area contributed by atoms with Crippen LogP contribution in [0.25, 0.3) is 0 Å². The zero-order valence-corrected chi connectivity index (χ0v) is 13.0. The number of hydrogen-bond acceptors (Lipinski definition) is 2. The normalized spacial score (nSPS) is 9.48. The van der Waals surface area contributed by atoms with Crippen LogP contribution in [0.4, 0.5) is 0 Å². The Morgan fingerprint density at radius 2 is 1.43 bits per heavy atom. The molecule has 3 nitrogen and oxygen atoms in total. The van der Waals surface area contributed by atoms with Gasteiger partial charge in [-0.25, -0.2) is 0 Å². The molecule has 0 aliphatic heterocycles. The molecular formula is C18H24N2O. The first-order chi connectivity index (χ1) is 10.2. The second kappa shape index (κ2) is 9.72. The fourth-order valence-corrected chi connectivity index (χ4v) is 2.01. The maximum Gasteiger partial charge on any atom is 0.207 e. The minimum absolute atomic E-state index is 0.616. The van der Waals surface area contributed by atoms with E-state index in [-0.39, 0.29) is 0 Å². The highest BCUT2D eigenvalue weighted by molar-refractivity contribution is 5.46. The predicted octanol–water partition coefficient (Wildman–Crippen LogP) is 2.96. The summed E-state index contributed by atoms with van der Waals surface area (Å²) in [6.45, 7) is 5.72. The van der Waals surface area contributed by atoms with Crippen LogP contribution in [0.3, 0.4) is 0 Å². The summed E-state index contributed by atoms with van der Waals surface area (Å²) in [5, 5.41) is 5.72. The summed E-state index contributed by atoms with van der Waals surface area (Å²) in [5.41, 5.74) is 5.03. The largest absolute Gasteiger partial charge is 0.355 e. The molecule has 1 amide bonds. The van der Waals surface area contributed by atoms with Crippen LogP contribution >= 0.6 is 0 Å². The third-order valence-electron chi connectivity index (χ3n) is 2.94. The molecule has 0 aliphatic carbocycles. The molecule has 0 aliphatic rings. The van der Waals surface area contributed by atoms with Gasteiger partial charge in [-0.1, -0.05) is 59.7 Å². The van der Waals surface area contributed by atoms with Crippen molar-refractivity contribution in [3.63, 3.8) is 0 Å². The lowest BCUT2D eigenvalue weighted by Gasteiger charge is -1.99. The van der Waals surface area contributed by atoms with Gasteiger partial charge in [0, 0.05) is 13.1 Å². The molecule has 0 fully saturated rings.